The molecule has 4 heterocycles. The highest BCUT2D eigenvalue weighted by atomic mass is 32.1. The standard InChI is InChI=1S/C51H36N4OS/c1-3-13-31(14-4-1)49-52-50(32-15-5-2-6-16-32)54-51(53-49)34-25-27-39-45(30-34)56-44-24-12-19-35(47(39)44)33-26-28-46-40(29-33)38-20-11-23-43(48(38)57-46)55-41-21-9-7-17-36(41)37-18-8-10-22-42(37)55/h1-30,36,41,49,51,53H,(H,52,54). The summed E-state index contributed by atoms with van der Waals surface area (Å²) in [5.41, 5.74) is 11.3. The molecule has 9 aromatic rings. The van der Waals surface area contributed by atoms with E-state index >= 15 is 0 Å². The Morgan fingerprint density at radius 2 is 1.40 bits per heavy atom. The van der Waals surface area contributed by atoms with Gasteiger partial charge in [-0.25, -0.2) is 4.99 Å². The molecule has 0 spiro atoms. The van der Waals surface area contributed by atoms with Gasteiger partial charge in [-0.1, -0.05) is 146 Å². The molecule has 0 amide bonds. The fourth-order valence-corrected chi connectivity index (χ4v) is 10.4. The van der Waals surface area contributed by atoms with Crippen molar-refractivity contribution in [1.82, 2.24) is 10.6 Å². The highest BCUT2D eigenvalue weighted by molar-refractivity contribution is 7.26. The molecule has 1 aliphatic carbocycles. The molecule has 0 radical (unpaired) electrons. The van der Waals surface area contributed by atoms with Crippen molar-refractivity contribution in [3.8, 4) is 11.1 Å². The van der Waals surface area contributed by atoms with E-state index in [9.17, 15) is 0 Å². The largest absolute Gasteiger partial charge is 0.456 e. The lowest BCUT2D eigenvalue weighted by molar-refractivity contribution is 0.409. The Balaban J connectivity index is 0.943. The van der Waals surface area contributed by atoms with Gasteiger partial charge in [-0.2, -0.15) is 0 Å². The molecule has 272 valence electrons. The van der Waals surface area contributed by atoms with E-state index in [0.29, 0.717) is 5.92 Å². The van der Waals surface area contributed by atoms with E-state index in [2.05, 4.69) is 185 Å². The van der Waals surface area contributed by atoms with E-state index in [4.69, 9.17) is 9.41 Å². The molecule has 0 bridgehead atoms. The van der Waals surface area contributed by atoms with E-state index in [1.165, 1.54) is 48.2 Å². The molecule has 4 atom stereocenters. The van der Waals surface area contributed by atoms with E-state index in [1.54, 1.807) is 0 Å². The number of rotatable bonds is 5. The van der Waals surface area contributed by atoms with Gasteiger partial charge in [0, 0.05) is 43.4 Å². The second kappa shape index (κ2) is 12.9. The SMILES string of the molecule is C1=CC2c3ccccc3N(c3cccc4c3sc3ccc(-c5cccc6oc7cc(C8N=C(c9ccccc9)NC(c9ccccc9)N8)ccc7c56)cc34)C2C=C1. The Kier molecular flexibility index (Phi) is 7.37. The Morgan fingerprint density at radius 1 is 0.596 bits per heavy atom. The fourth-order valence-electron chi connectivity index (χ4n) is 9.25. The minimum Gasteiger partial charge on any atom is -0.456 e. The van der Waals surface area contributed by atoms with Crippen molar-refractivity contribution in [2.75, 3.05) is 4.90 Å². The number of para-hydroxylation sites is 1. The molecule has 57 heavy (non-hydrogen) atoms. The van der Waals surface area contributed by atoms with Crippen molar-refractivity contribution in [3.63, 3.8) is 0 Å². The summed E-state index contributed by atoms with van der Waals surface area (Å²) < 4.78 is 9.26. The van der Waals surface area contributed by atoms with Gasteiger partial charge in [0.15, 0.2) is 0 Å². The zero-order chi connectivity index (χ0) is 37.5. The number of anilines is 2. The summed E-state index contributed by atoms with van der Waals surface area (Å²) in [6.45, 7) is 0. The van der Waals surface area contributed by atoms with Crippen molar-refractivity contribution in [3.05, 3.63) is 204 Å². The number of fused-ring (bicyclic) bond motifs is 9. The minimum atomic E-state index is -0.270. The number of hydrogen-bond donors (Lipinski definition) is 2. The summed E-state index contributed by atoms with van der Waals surface area (Å²) in [6.07, 6.45) is 8.71. The Hall–Kier alpha value is -6.73. The summed E-state index contributed by atoms with van der Waals surface area (Å²) in [5, 5.41) is 12.2. The van der Waals surface area contributed by atoms with Gasteiger partial charge in [-0.15, -0.1) is 11.3 Å². The molecule has 2 aliphatic heterocycles. The van der Waals surface area contributed by atoms with Crippen LogP contribution >= 0.6 is 11.3 Å². The third-order valence-corrected chi connectivity index (χ3v) is 13.1. The lowest BCUT2D eigenvalue weighted by atomic mass is 9.91. The number of hydrogen-bond acceptors (Lipinski definition) is 6. The van der Waals surface area contributed by atoms with Gasteiger partial charge in [0.2, 0.25) is 0 Å². The highest BCUT2D eigenvalue weighted by Gasteiger charge is 2.38. The van der Waals surface area contributed by atoms with Crippen molar-refractivity contribution in [1.29, 1.82) is 0 Å². The molecule has 4 unspecified atom stereocenters. The van der Waals surface area contributed by atoms with E-state index in [0.717, 1.165) is 44.5 Å². The first-order valence-electron chi connectivity index (χ1n) is 19.6. The molecular weight excluding hydrogens is 717 g/mol. The quantitative estimate of drug-likeness (QED) is 0.184. The molecule has 12 rings (SSSR count). The average Bonchev–Trinajstić information content (AvgIpc) is 3.96. The molecule has 7 aromatic carbocycles. The molecule has 3 aliphatic rings. The second-order valence-electron chi connectivity index (χ2n) is 15.1. The Bertz CT molecular complexity index is 3120. The number of aliphatic imine (C=N–C) groups is 1. The van der Waals surface area contributed by atoms with Gasteiger partial charge in [0.25, 0.3) is 0 Å². The van der Waals surface area contributed by atoms with E-state index in [1.807, 2.05) is 23.5 Å². The van der Waals surface area contributed by atoms with Gasteiger partial charge in [0.1, 0.15) is 29.3 Å². The highest BCUT2D eigenvalue weighted by Crippen LogP contribution is 2.51. The number of nitrogens with one attached hydrogen (secondary N) is 2. The van der Waals surface area contributed by atoms with Gasteiger partial charge in [-0.05, 0) is 64.2 Å². The fraction of sp³-hybridized carbons (Fsp3) is 0.0784. The Labute approximate surface area is 333 Å². The van der Waals surface area contributed by atoms with Gasteiger partial charge >= 0.3 is 0 Å². The van der Waals surface area contributed by atoms with Crippen LogP contribution in [0.2, 0.25) is 0 Å². The van der Waals surface area contributed by atoms with Crippen LogP contribution in [0.25, 0.3) is 53.2 Å². The summed E-state index contributed by atoms with van der Waals surface area (Å²) in [4.78, 5) is 7.74. The number of thiophene rings is 1. The van der Waals surface area contributed by atoms with Crippen LogP contribution in [0.4, 0.5) is 11.4 Å². The summed E-state index contributed by atoms with van der Waals surface area (Å²) in [6, 6.07) is 56.7. The normalized spacial score (nSPS) is 19.9. The van der Waals surface area contributed by atoms with Gasteiger partial charge < -0.3 is 14.6 Å². The summed E-state index contributed by atoms with van der Waals surface area (Å²) >= 11 is 1.89. The smallest absolute Gasteiger partial charge is 0.136 e. The van der Waals surface area contributed by atoms with Crippen LogP contribution in [-0.4, -0.2) is 11.9 Å². The zero-order valence-electron chi connectivity index (χ0n) is 30.8. The molecule has 2 N–H and O–H groups in total. The maximum Gasteiger partial charge on any atom is 0.136 e. The van der Waals surface area contributed by atoms with Crippen molar-refractivity contribution >= 4 is 70.7 Å². The van der Waals surface area contributed by atoms with Crippen LogP contribution in [0, 0.1) is 0 Å². The van der Waals surface area contributed by atoms with Crippen molar-refractivity contribution < 1.29 is 4.42 Å². The second-order valence-corrected chi connectivity index (χ2v) is 16.2. The number of furan rings is 1. The van der Waals surface area contributed by atoms with Crippen LogP contribution in [0.3, 0.4) is 0 Å². The van der Waals surface area contributed by atoms with Crippen molar-refractivity contribution in [2.24, 2.45) is 4.99 Å². The molecule has 0 saturated heterocycles. The maximum absolute atomic E-state index is 6.65. The zero-order valence-corrected chi connectivity index (χ0v) is 31.7. The van der Waals surface area contributed by atoms with Crippen LogP contribution in [0.5, 0.6) is 0 Å². The molecular formula is C51H36N4OS. The lowest BCUT2D eigenvalue weighted by Gasteiger charge is -2.32. The van der Waals surface area contributed by atoms with Gasteiger partial charge in [-0.3, -0.25) is 5.32 Å². The van der Waals surface area contributed by atoms with E-state index in [-0.39, 0.29) is 18.4 Å². The van der Waals surface area contributed by atoms with Crippen molar-refractivity contribution in [2.45, 2.75) is 24.3 Å². The Morgan fingerprint density at radius 3 is 2.32 bits per heavy atom. The van der Waals surface area contributed by atoms with Gasteiger partial charge in [0.05, 0.1) is 16.4 Å². The van der Waals surface area contributed by atoms with Crippen LogP contribution < -0.4 is 15.5 Å². The topological polar surface area (TPSA) is 52.8 Å². The first-order chi connectivity index (χ1) is 28.2. The number of nitrogens with zero attached hydrogens (tertiary/aromatic N) is 2. The molecule has 5 nitrogen and oxygen atoms in total. The number of amidine groups is 1. The van der Waals surface area contributed by atoms with Crippen LogP contribution in [-0.2, 0) is 0 Å². The minimum absolute atomic E-state index is 0.106. The first-order valence-corrected chi connectivity index (χ1v) is 20.4. The molecule has 0 fully saturated rings. The predicted octanol–water partition coefficient (Wildman–Crippen LogP) is 12.7. The maximum atomic E-state index is 6.65. The molecule has 0 saturated carbocycles. The summed E-state index contributed by atoms with van der Waals surface area (Å²) in [7, 11) is 0. The first kappa shape index (κ1) is 32.5. The third-order valence-electron chi connectivity index (χ3n) is 11.9. The lowest BCUT2D eigenvalue weighted by Crippen LogP contribution is -2.44. The average molecular weight is 753 g/mol. The molecule has 6 heteroatoms. The van der Waals surface area contributed by atoms with Crippen LogP contribution in [0.15, 0.2) is 191 Å². The number of allylic oxidation sites excluding steroid dienone is 2. The van der Waals surface area contributed by atoms with E-state index < -0.39 is 0 Å². The number of benzene rings is 7. The third kappa shape index (κ3) is 5.22. The van der Waals surface area contributed by atoms with Crippen LogP contribution in [0.1, 0.15) is 40.5 Å². The molecule has 2 aromatic heterocycles. The monoisotopic (exact) mass is 752 g/mol. The summed E-state index contributed by atoms with van der Waals surface area (Å²) in [5.74, 6) is 1.21. The predicted molar refractivity (Wildman–Crippen MR) is 237 cm³/mol.